The zero-order valence-electron chi connectivity index (χ0n) is 19.2. The van der Waals surface area contributed by atoms with Crippen molar-refractivity contribution in [2.45, 2.75) is 33.1 Å². The van der Waals surface area contributed by atoms with Crippen LogP contribution >= 0.6 is 0 Å². The molecule has 31 heavy (non-hydrogen) atoms. The van der Waals surface area contributed by atoms with Gasteiger partial charge in [-0.3, -0.25) is 4.90 Å². The standard InChI is InChI=1S/C25H37N5O/c1-4-26-25(27-17-21-8-7-9-22(16-21)19-29(2)3)28-18-23-10-5-6-11-24(23)20-30-12-14-31-15-13-30/h5-11,16H,4,12-15,17-20H2,1-3H3,(H2,26,27,28). The van der Waals surface area contributed by atoms with Crippen LogP contribution in [0, 0.1) is 0 Å². The molecule has 2 aromatic carbocycles. The Morgan fingerprint density at radius 1 is 1.00 bits per heavy atom. The van der Waals surface area contributed by atoms with Gasteiger partial charge in [-0.1, -0.05) is 48.5 Å². The van der Waals surface area contributed by atoms with Crippen molar-refractivity contribution in [3.63, 3.8) is 0 Å². The number of benzene rings is 2. The first kappa shape index (κ1) is 23.3. The molecule has 1 aliphatic rings. The summed E-state index contributed by atoms with van der Waals surface area (Å²) < 4.78 is 5.48. The predicted molar refractivity (Wildman–Crippen MR) is 128 cm³/mol. The highest BCUT2D eigenvalue weighted by atomic mass is 16.5. The number of rotatable bonds is 9. The molecule has 3 rings (SSSR count). The van der Waals surface area contributed by atoms with E-state index in [0.717, 1.165) is 58.4 Å². The van der Waals surface area contributed by atoms with Crippen LogP contribution in [0.4, 0.5) is 0 Å². The summed E-state index contributed by atoms with van der Waals surface area (Å²) >= 11 is 0. The average molecular weight is 424 g/mol. The van der Waals surface area contributed by atoms with Crippen molar-refractivity contribution < 1.29 is 4.74 Å². The van der Waals surface area contributed by atoms with Crippen LogP contribution in [0.1, 0.15) is 29.2 Å². The summed E-state index contributed by atoms with van der Waals surface area (Å²) in [5.74, 6) is 0.849. The van der Waals surface area contributed by atoms with Crippen molar-refractivity contribution in [1.29, 1.82) is 0 Å². The van der Waals surface area contributed by atoms with E-state index >= 15 is 0 Å². The van der Waals surface area contributed by atoms with Crippen molar-refractivity contribution in [3.05, 3.63) is 70.8 Å². The number of hydrogen-bond acceptors (Lipinski definition) is 4. The Balaban J connectivity index is 1.61. The topological polar surface area (TPSA) is 52.1 Å². The molecule has 1 fully saturated rings. The van der Waals surface area contributed by atoms with Gasteiger partial charge in [0, 0.05) is 39.3 Å². The Morgan fingerprint density at radius 2 is 1.74 bits per heavy atom. The summed E-state index contributed by atoms with van der Waals surface area (Å²) in [5, 5.41) is 6.89. The summed E-state index contributed by atoms with van der Waals surface area (Å²) in [5.41, 5.74) is 5.22. The summed E-state index contributed by atoms with van der Waals surface area (Å²) in [7, 11) is 4.18. The lowest BCUT2D eigenvalue weighted by atomic mass is 10.1. The molecule has 168 valence electrons. The Labute approximate surface area is 187 Å². The number of aliphatic imine (C=N–C) groups is 1. The highest BCUT2D eigenvalue weighted by Gasteiger charge is 2.12. The zero-order valence-corrected chi connectivity index (χ0v) is 19.2. The van der Waals surface area contributed by atoms with E-state index in [9.17, 15) is 0 Å². The Morgan fingerprint density at radius 3 is 2.48 bits per heavy atom. The van der Waals surface area contributed by atoms with Crippen LogP contribution in [-0.2, 0) is 30.9 Å². The van der Waals surface area contributed by atoms with E-state index < -0.39 is 0 Å². The third-order valence-electron chi connectivity index (χ3n) is 5.32. The maximum absolute atomic E-state index is 5.48. The van der Waals surface area contributed by atoms with Gasteiger partial charge in [-0.05, 0) is 43.3 Å². The molecule has 0 spiro atoms. The van der Waals surface area contributed by atoms with Gasteiger partial charge in [0.25, 0.3) is 0 Å². The molecule has 0 atom stereocenters. The molecular weight excluding hydrogens is 386 g/mol. The molecule has 0 saturated carbocycles. The van der Waals surface area contributed by atoms with E-state index in [1.165, 1.54) is 22.3 Å². The largest absolute Gasteiger partial charge is 0.379 e. The van der Waals surface area contributed by atoms with E-state index in [1.54, 1.807) is 0 Å². The van der Waals surface area contributed by atoms with Crippen molar-refractivity contribution >= 4 is 5.96 Å². The van der Waals surface area contributed by atoms with E-state index in [-0.39, 0.29) is 0 Å². The van der Waals surface area contributed by atoms with Crippen molar-refractivity contribution in [2.24, 2.45) is 4.99 Å². The second-order valence-electron chi connectivity index (χ2n) is 8.26. The second kappa shape index (κ2) is 12.4. The molecule has 0 aliphatic carbocycles. The first-order valence-corrected chi connectivity index (χ1v) is 11.3. The number of morpholine rings is 1. The van der Waals surface area contributed by atoms with Crippen molar-refractivity contribution in [1.82, 2.24) is 20.4 Å². The first-order valence-electron chi connectivity index (χ1n) is 11.3. The normalized spacial score (nSPS) is 15.3. The van der Waals surface area contributed by atoms with Gasteiger partial charge in [0.05, 0.1) is 19.8 Å². The SMILES string of the molecule is CCNC(=NCc1cccc(CN(C)C)c1)NCc1ccccc1CN1CCOCC1. The van der Waals surface area contributed by atoms with E-state index in [4.69, 9.17) is 9.73 Å². The minimum Gasteiger partial charge on any atom is -0.379 e. The maximum atomic E-state index is 5.48. The molecule has 0 unspecified atom stereocenters. The Bertz CT molecular complexity index is 830. The van der Waals surface area contributed by atoms with Gasteiger partial charge in [-0.15, -0.1) is 0 Å². The van der Waals surface area contributed by atoms with Crippen molar-refractivity contribution in [2.75, 3.05) is 46.9 Å². The van der Waals surface area contributed by atoms with E-state index in [0.29, 0.717) is 6.54 Å². The quantitative estimate of drug-likeness (QED) is 0.480. The number of nitrogens with one attached hydrogen (secondary N) is 2. The summed E-state index contributed by atoms with van der Waals surface area (Å²) in [6, 6.07) is 17.3. The fourth-order valence-electron chi connectivity index (χ4n) is 3.77. The minimum atomic E-state index is 0.659. The van der Waals surface area contributed by atoms with Gasteiger partial charge >= 0.3 is 0 Å². The van der Waals surface area contributed by atoms with Crippen LogP contribution < -0.4 is 10.6 Å². The fourth-order valence-corrected chi connectivity index (χ4v) is 3.77. The van der Waals surface area contributed by atoms with Crippen LogP contribution in [0.3, 0.4) is 0 Å². The smallest absolute Gasteiger partial charge is 0.191 e. The lowest BCUT2D eigenvalue weighted by Crippen LogP contribution is -2.38. The summed E-state index contributed by atoms with van der Waals surface area (Å²) in [6.45, 7) is 9.91. The van der Waals surface area contributed by atoms with Gasteiger partial charge < -0.3 is 20.3 Å². The molecule has 1 aliphatic heterocycles. The van der Waals surface area contributed by atoms with Crippen LogP contribution in [0.2, 0.25) is 0 Å². The van der Waals surface area contributed by atoms with Gasteiger partial charge in [0.15, 0.2) is 5.96 Å². The number of ether oxygens (including phenoxy) is 1. The van der Waals surface area contributed by atoms with E-state index in [1.807, 2.05) is 0 Å². The molecule has 1 saturated heterocycles. The maximum Gasteiger partial charge on any atom is 0.191 e. The Kier molecular flexibility index (Phi) is 9.34. The van der Waals surface area contributed by atoms with E-state index in [2.05, 4.69) is 90.0 Å². The zero-order chi connectivity index (χ0) is 21.9. The van der Waals surface area contributed by atoms with Gasteiger partial charge in [-0.2, -0.15) is 0 Å². The molecular formula is C25H37N5O. The summed E-state index contributed by atoms with van der Waals surface area (Å²) in [4.78, 5) is 9.46. The third kappa shape index (κ3) is 7.98. The molecule has 2 N–H and O–H groups in total. The number of nitrogens with zero attached hydrogens (tertiary/aromatic N) is 3. The number of guanidine groups is 1. The molecule has 0 amide bonds. The van der Waals surface area contributed by atoms with Crippen molar-refractivity contribution in [3.8, 4) is 0 Å². The fraction of sp³-hybridized carbons (Fsp3) is 0.480. The van der Waals surface area contributed by atoms with Crippen LogP contribution in [0.5, 0.6) is 0 Å². The highest BCUT2D eigenvalue weighted by Crippen LogP contribution is 2.13. The van der Waals surface area contributed by atoms with Gasteiger partial charge in [0.2, 0.25) is 0 Å². The molecule has 6 nitrogen and oxygen atoms in total. The minimum absolute atomic E-state index is 0.659. The monoisotopic (exact) mass is 423 g/mol. The van der Waals surface area contributed by atoms with Crippen LogP contribution in [-0.4, -0.2) is 62.7 Å². The average Bonchev–Trinajstić information content (AvgIpc) is 2.77. The third-order valence-corrected chi connectivity index (χ3v) is 5.32. The second-order valence-corrected chi connectivity index (χ2v) is 8.26. The first-order chi connectivity index (χ1) is 15.1. The van der Waals surface area contributed by atoms with Crippen LogP contribution in [0.25, 0.3) is 0 Å². The molecule has 0 radical (unpaired) electrons. The lowest BCUT2D eigenvalue weighted by molar-refractivity contribution is 0.0341. The Hall–Kier alpha value is -2.41. The predicted octanol–water partition coefficient (Wildman–Crippen LogP) is 2.84. The number of hydrogen-bond donors (Lipinski definition) is 2. The molecule has 0 bridgehead atoms. The van der Waals surface area contributed by atoms with Gasteiger partial charge in [-0.25, -0.2) is 4.99 Å². The molecule has 6 heteroatoms. The molecule has 0 aromatic heterocycles. The summed E-state index contributed by atoms with van der Waals surface area (Å²) in [6.07, 6.45) is 0. The van der Waals surface area contributed by atoms with Gasteiger partial charge in [0.1, 0.15) is 0 Å². The lowest BCUT2D eigenvalue weighted by Gasteiger charge is -2.27. The molecule has 1 heterocycles. The molecule has 2 aromatic rings. The van der Waals surface area contributed by atoms with Crippen LogP contribution in [0.15, 0.2) is 53.5 Å². The highest BCUT2D eigenvalue weighted by molar-refractivity contribution is 5.79.